The molecular weight excluding hydrogens is 430 g/mol. The van der Waals surface area contributed by atoms with Crippen molar-refractivity contribution in [3.63, 3.8) is 0 Å². The number of hydrogen-bond acceptors (Lipinski definition) is 6. The number of carbonyl (C=O) groups excluding carboxylic acids is 2. The Morgan fingerprint density at radius 3 is 2.38 bits per heavy atom. The van der Waals surface area contributed by atoms with Crippen LogP contribution in [0.15, 0.2) is 36.2 Å². The first kappa shape index (κ1) is 23.0. The molecule has 2 saturated heterocycles. The Morgan fingerprint density at radius 1 is 1.06 bits per heavy atom. The van der Waals surface area contributed by atoms with Crippen molar-refractivity contribution < 1.29 is 9.59 Å². The predicted octanol–water partition coefficient (Wildman–Crippen LogP) is 1.94. The van der Waals surface area contributed by atoms with E-state index in [1.165, 1.54) is 5.57 Å². The van der Waals surface area contributed by atoms with Crippen LogP contribution < -0.4 is 15.5 Å². The summed E-state index contributed by atoms with van der Waals surface area (Å²) in [7, 11) is 4.34. The minimum absolute atomic E-state index is 0.0232. The quantitative estimate of drug-likeness (QED) is 0.706. The molecule has 2 N–H and O–H groups in total. The maximum atomic E-state index is 13.0. The Labute approximate surface area is 201 Å². The van der Waals surface area contributed by atoms with Crippen molar-refractivity contribution >= 4 is 17.6 Å². The first-order valence-electron chi connectivity index (χ1n) is 12.4. The average Bonchev–Trinajstić information content (AvgIpc) is 3.20. The molecule has 0 aromatic carbocycles. The van der Waals surface area contributed by atoms with Crippen molar-refractivity contribution in [3.05, 3.63) is 42.0 Å². The van der Waals surface area contributed by atoms with Gasteiger partial charge >= 0.3 is 6.03 Å². The zero-order valence-electron chi connectivity index (χ0n) is 20.2. The molecule has 9 heteroatoms. The number of aromatic nitrogens is 2. The molecule has 1 saturated carbocycles. The molecule has 0 radical (unpaired) electrons. The third-order valence-electron chi connectivity index (χ3n) is 8.05. The van der Waals surface area contributed by atoms with Crippen LogP contribution in [0.2, 0.25) is 0 Å². The van der Waals surface area contributed by atoms with Crippen LogP contribution in [-0.4, -0.2) is 89.6 Å². The standard InChI is InChI=1S/C25H35N7O2/c1-30(2)25(19-6-4-3-5-7-19)10-8-24(9-11-25)18-32(23(34)29-24)20-16-27-21(28-17-20)22(33)31-14-12-26-13-15-31/h4,6-7,16-17,26H,3,5,8-15,18H2,1-2H3,(H,29,34). The highest BCUT2D eigenvalue weighted by Crippen LogP contribution is 2.45. The number of allylic oxidation sites excluding steroid dienone is 2. The summed E-state index contributed by atoms with van der Waals surface area (Å²) in [5.74, 6) is 0.0241. The number of piperazine rings is 1. The molecule has 2 aliphatic heterocycles. The monoisotopic (exact) mass is 465 g/mol. The zero-order chi connectivity index (χ0) is 23.8. The van der Waals surface area contributed by atoms with Crippen LogP contribution in [0.4, 0.5) is 10.5 Å². The van der Waals surface area contributed by atoms with Crippen molar-refractivity contribution in [2.24, 2.45) is 0 Å². The van der Waals surface area contributed by atoms with Gasteiger partial charge < -0.3 is 15.5 Å². The highest BCUT2D eigenvalue weighted by molar-refractivity contribution is 5.95. The van der Waals surface area contributed by atoms with Gasteiger partial charge in [0.15, 0.2) is 0 Å². The lowest BCUT2D eigenvalue weighted by atomic mass is 9.68. The van der Waals surface area contributed by atoms with Crippen molar-refractivity contribution in [1.29, 1.82) is 0 Å². The van der Waals surface area contributed by atoms with Crippen LogP contribution >= 0.6 is 0 Å². The van der Waals surface area contributed by atoms with E-state index in [4.69, 9.17) is 0 Å². The maximum absolute atomic E-state index is 13.0. The molecule has 2 aliphatic carbocycles. The molecule has 4 aliphatic rings. The molecule has 0 unspecified atom stereocenters. The molecule has 34 heavy (non-hydrogen) atoms. The lowest BCUT2D eigenvalue weighted by Crippen LogP contribution is -2.56. The molecule has 1 spiro atoms. The fourth-order valence-corrected chi connectivity index (χ4v) is 5.88. The van der Waals surface area contributed by atoms with Gasteiger partial charge in [-0.15, -0.1) is 0 Å². The molecule has 5 rings (SSSR count). The van der Waals surface area contributed by atoms with Gasteiger partial charge in [0.1, 0.15) is 0 Å². The Hall–Kier alpha value is -2.78. The van der Waals surface area contributed by atoms with Gasteiger partial charge in [-0.05, 0) is 58.2 Å². The summed E-state index contributed by atoms with van der Waals surface area (Å²) < 4.78 is 0. The Morgan fingerprint density at radius 2 is 1.76 bits per heavy atom. The van der Waals surface area contributed by atoms with Gasteiger partial charge in [0, 0.05) is 31.7 Å². The summed E-state index contributed by atoms with van der Waals surface area (Å²) in [6.45, 7) is 3.47. The molecule has 1 aromatic heterocycles. The average molecular weight is 466 g/mol. The summed E-state index contributed by atoms with van der Waals surface area (Å²) in [4.78, 5) is 40.1. The van der Waals surface area contributed by atoms with E-state index in [9.17, 15) is 9.59 Å². The fourth-order valence-electron chi connectivity index (χ4n) is 5.88. The number of likely N-dealkylation sites (N-methyl/N-ethyl adjacent to an activating group) is 1. The lowest BCUT2D eigenvalue weighted by Gasteiger charge is -2.49. The van der Waals surface area contributed by atoms with Crippen LogP contribution in [0.3, 0.4) is 0 Å². The number of nitrogens with zero attached hydrogens (tertiary/aromatic N) is 5. The van der Waals surface area contributed by atoms with Crippen molar-refractivity contribution in [1.82, 2.24) is 30.4 Å². The zero-order valence-corrected chi connectivity index (χ0v) is 20.2. The Balaban J connectivity index is 1.27. The van der Waals surface area contributed by atoms with Crippen LogP contribution in [0.1, 0.15) is 49.1 Å². The number of hydrogen-bond donors (Lipinski definition) is 2. The van der Waals surface area contributed by atoms with Gasteiger partial charge in [0.25, 0.3) is 5.91 Å². The third-order valence-corrected chi connectivity index (χ3v) is 8.05. The number of urea groups is 1. The first-order valence-corrected chi connectivity index (χ1v) is 12.4. The van der Waals surface area contributed by atoms with Gasteiger partial charge in [-0.2, -0.15) is 0 Å². The fraction of sp³-hybridized carbons (Fsp3) is 0.600. The second-order valence-corrected chi connectivity index (χ2v) is 10.2. The number of anilines is 1. The summed E-state index contributed by atoms with van der Waals surface area (Å²) >= 11 is 0. The highest BCUT2D eigenvalue weighted by Gasteiger charge is 2.50. The number of carbonyl (C=O) groups is 2. The molecule has 1 aromatic rings. The molecule has 3 fully saturated rings. The normalized spacial score (nSPS) is 29.5. The van der Waals surface area contributed by atoms with E-state index in [0.29, 0.717) is 25.3 Å². The minimum atomic E-state index is -0.245. The van der Waals surface area contributed by atoms with E-state index in [1.807, 2.05) is 0 Å². The molecule has 9 nitrogen and oxygen atoms in total. The van der Waals surface area contributed by atoms with E-state index in [2.05, 4.69) is 57.8 Å². The van der Waals surface area contributed by atoms with Crippen LogP contribution in [0.25, 0.3) is 0 Å². The van der Waals surface area contributed by atoms with E-state index in [0.717, 1.165) is 51.6 Å². The van der Waals surface area contributed by atoms with E-state index in [-0.39, 0.29) is 28.8 Å². The largest absolute Gasteiger partial charge is 0.333 e. The van der Waals surface area contributed by atoms with Crippen molar-refractivity contribution in [3.8, 4) is 0 Å². The van der Waals surface area contributed by atoms with Gasteiger partial charge in [-0.3, -0.25) is 14.6 Å². The van der Waals surface area contributed by atoms with E-state index >= 15 is 0 Å². The summed E-state index contributed by atoms with van der Waals surface area (Å²) in [6.07, 6.45) is 16.2. The first-order chi connectivity index (χ1) is 16.4. The third kappa shape index (κ3) is 4.11. The molecular formula is C25H35N7O2. The SMILES string of the molecule is CN(C)C1(C2=CCCC=C2)CCC2(CC1)CN(c1cnc(C(=O)N3CCNCC3)nc1)C(=O)N2. The van der Waals surface area contributed by atoms with Crippen molar-refractivity contribution in [2.75, 3.05) is 51.7 Å². The van der Waals surface area contributed by atoms with E-state index in [1.54, 1.807) is 22.2 Å². The van der Waals surface area contributed by atoms with Crippen LogP contribution in [0.5, 0.6) is 0 Å². The minimum Gasteiger partial charge on any atom is -0.333 e. The molecule has 3 amide bonds. The van der Waals surface area contributed by atoms with Gasteiger partial charge in [-0.1, -0.05) is 18.2 Å². The Kier molecular flexibility index (Phi) is 6.16. The number of amides is 3. The van der Waals surface area contributed by atoms with Crippen molar-refractivity contribution in [2.45, 2.75) is 49.6 Å². The van der Waals surface area contributed by atoms with Crippen LogP contribution in [-0.2, 0) is 0 Å². The topological polar surface area (TPSA) is 93.7 Å². The van der Waals surface area contributed by atoms with Crippen LogP contribution in [0, 0.1) is 0 Å². The summed E-state index contributed by atoms with van der Waals surface area (Å²) in [5, 5.41) is 6.52. The molecule has 182 valence electrons. The smallest absolute Gasteiger partial charge is 0.322 e. The summed E-state index contributed by atoms with van der Waals surface area (Å²) in [6, 6.07) is -0.112. The number of rotatable bonds is 4. The second-order valence-electron chi connectivity index (χ2n) is 10.2. The van der Waals surface area contributed by atoms with E-state index < -0.39 is 0 Å². The Bertz CT molecular complexity index is 987. The maximum Gasteiger partial charge on any atom is 0.322 e. The molecule has 3 heterocycles. The second kappa shape index (κ2) is 9.11. The molecule has 0 atom stereocenters. The predicted molar refractivity (Wildman–Crippen MR) is 131 cm³/mol. The lowest BCUT2D eigenvalue weighted by molar-refractivity contribution is 0.0723. The summed E-state index contributed by atoms with van der Waals surface area (Å²) in [5.41, 5.74) is 1.83. The molecule has 0 bridgehead atoms. The van der Waals surface area contributed by atoms with Gasteiger partial charge in [-0.25, -0.2) is 14.8 Å². The number of nitrogens with one attached hydrogen (secondary N) is 2. The van der Waals surface area contributed by atoms with Gasteiger partial charge in [0.2, 0.25) is 5.82 Å². The highest BCUT2D eigenvalue weighted by atomic mass is 16.2. The van der Waals surface area contributed by atoms with Gasteiger partial charge in [0.05, 0.1) is 30.2 Å².